The minimum absolute atomic E-state index is 0.246. The lowest BCUT2D eigenvalue weighted by Gasteiger charge is -2.19. The summed E-state index contributed by atoms with van der Waals surface area (Å²) in [6.07, 6.45) is 0.965. The fraction of sp³-hybridized carbons (Fsp3) is 0.571. The van der Waals surface area contributed by atoms with Gasteiger partial charge >= 0.3 is 0 Å². The van der Waals surface area contributed by atoms with E-state index in [0.717, 1.165) is 17.3 Å². The quantitative estimate of drug-likeness (QED) is 0.700. The number of hydrogen-bond donors (Lipinski definition) is 0. The van der Waals surface area contributed by atoms with Gasteiger partial charge in [-0.15, -0.1) is 0 Å². The zero-order valence-electron chi connectivity index (χ0n) is 11.3. The van der Waals surface area contributed by atoms with Crippen molar-refractivity contribution in [2.24, 2.45) is 5.41 Å². The van der Waals surface area contributed by atoms with E-state index in [4.69, 9.17) is 21.1 Å². The van der Waals surface area contributed by atoms with Crippen LogP contribution in [0.2, 0.25) is 5.02 Å². The minimum atomic E-state index is 0.246. The molecule has 0 saturated heterocycles. The molecule has 0 radical (unpaired) electrons. The molecule has 0 aliphatic rings. The summed E-state index contributed by atoms with van der Waals surface area (Å²) in [5, 5.41) is 1.34. The van der Waals surface area contributed by atoms with Crippen molar-refractivity contribution in [3.05, 3.63) is 22.7 Å². The number of benzene rings is 1. The van der Waals surface area contributed by atoms with Crippen molar-refractivity contribution in [3.8, 4) is 11.5 Å². The van der Waals surface area contributed by atoms with Crippen LogP contribution in [-0.4, -0.2) is 13.7 Å². The number of alkyl halides is 1. The van der Waals surface area contributed by atoms with Crippen LogP contribution < -0.4 is 9.47 Å². The highest BCUT2D eigenvalue weighted by atomic mass is 79.9. The molecule has 1 aromatic rings. The second-order valence-electron chi connectivity index (χ2n) is 5.40. The Labute approximate surface area is 123 Å². The molecule has 0 N–H and O–H groups in total. The molecule has 0 bridgehead atoms. The van der Waals surface area contributed by atoms with Gasteiger partial charge in [-0.05, 0) is 29.5 Å². The topological polar surface area (TPSA) is 18.5 Å². The van der Waals surface area contributed by atoms with Crippen molar-refractivity contribution in [1.29, 1.82) is 0 Å². The first-order chi connectivity index (χ1) is 8.37. The third kappa shape index (κ3) is 4.69. The van der Waals surface area contributed by atoms with Gasteiger partial charge in [-0.25, -0.2) is 0 Å². The fourth-order valence-electron chi connectivity index (χ4n) is 1.45. The Hall–Kier alpha value is -0.410. The van der Waals surface area contributed by atoms with E-state index in [1.54, 1.807) is 7.11 Å². The van der Waals surface area contributed by atoms with Crippen molar-refractivity contribution >= 4 is 27.5 Å². The van der Waals surface area contributed by atoms with E-state index in [2.05, 4.69) is 36.7 Å². The van der Waals surface area contributed by atoms with E-state index in [1.165, 1.54) is 0 Å². The first-order valence-corrected chi connectivity index (χ1v) is 7.42. The van der Waals surface area contributed by atoms with Crippen molar-refractivity contribution in [3.63, 3.8) is 0 Å². The molecule has 4 heteroatoms. The first-order valence-electron chi connectivity index (χ1n) is 5.92. The van der Waals surface area contributed by atoms with Crippen LogP contribution in [-0.2, 0) is 5.33 Å². The Morgan fingerprint density at radius 3 is 2.44 bits per heavy atom. The molecule has 1 rings (SSSR count). The predicted molar refractivity (Wildman–Crippen MR) is 80.2 cm³/mol. The summed E-state index contributed by atoms with van der Waals surface area (Å²) >= 11 is 9.62. The van der Waals surface area contributed by atoms with Crippen molar-refractivity contribution in [1.82, 2.24) is 0 Å². The van der Waals surface area contributed by atoms with Crippen LogP contribution in [0, 0.1) is 5.41 Å². The summed E-state index contributed by atoms with van der Waals surface area (Å²) in [6.45, 7) is 7.18. The number of methoxy groups -OCH3 is 1. The summed E-state index contributed by atoms with van der Waals surface area (Å²) < 4.78 is 11.1. The summed E-state index contributed by atoms with van der Waals surface area (Å²) in [6, 6.07) is 3.83. The van der Waals surface area contributed by atoms with E-state index in [-0.39, 0.29) is 5.41 Å². The summed E-state index contributed by atoms with van der Waals surface area (Å²) in [5.74, 6) is 1.32. The molecule has 0 aliphatic carbocycles. The SMILES string of the molecule is COc1cc(CBr)cc(Cl)c1OCCC(C)(C)C. The van der Waals surface area contributed by atoms with Gasteiger partial charge < -0.3 is 9.47 Å². The second-order valence-corrected chi connectivity index (χ2v) is 6.37. The zero-order chi connectivity index (χ0) is 13.8. The summed E-state index contributed by atoms with van der Waals surface area (Å²) in [5.41, 5.74) is 1.32. The molecular formula is C14H20BrClO2. The molecule has 1 aromatic carbocycles. The number of rotatable bonds is 5. The molecule has 0 saturated carbocycles. The maximum atomic E-state index is 6.22. The maximum Gasteiger partial charge on any atom is 0.179 e. The molecule has 0 aliphatic heterocycles. The molecule has 0 unspecified atom stereocenters. The predicted octanol–water partition coefficient (Wildman–Crippen LogP) is 5.06. The van der Waals surface area contributed by atoms with Gasteiger partial charge in [0.15, 0.2) is 11.5 Å². The van der Waals surface area contributed by atoms with E-state index >= 15 is 0 Å². The van der Waals surface area contributed by atoms with Gasteiger partial charge in [-0.3, -0.25) is 0 Å². The molecule has 0 aromatic heterocycles. The van der Waals surface area contributed by atoms with E-state index in [9.17, 15) is 0 Å². The normalized spacial score (nSPS) is 11.4. The highest BCUT2D eigenvalue weighted by Gasteiger charge is 2.14. The average Bonchev–Trinajstić information content (AvgIpc) is 2.29. The number of halogens is 2. The number of ether oxygens (including phenoxy) is 2. The lowest BCUT2D eigenvalue weighted by molar-refractivity contribution is 0.234. The number of hydrogen-bond acceptors (Lipinski definition) is 2. The fourth-order valence-corrected chi connectivity index (χ4v) is 2.06. The molecule has 18 heavy (non-hydrogen) atoms. The lowest BCUT2D eigenvalue weighted by atomic mass is 9.93. The Kier molecular flexibility index (Phi) is 5.80. The molecule has 0 atom stereocenters. The van der Waals surface area contributed by atoms with E-state index in [0.29, 0.717) is 23.1 Å². The largest absolute Gasteiger partial charge is 0.493 e. The van der Waals surface area contributed by atoms with Crippen LogP contribution in [0.25, 0.3) is 0 Å². The Balaban J connectivity index is 2.81. The Morgan fingerprint density at radius 2 is 1.94 bits per heavy atom. The third-order valence-electron chi connectivity index (χ3n) is 2.54. The molecule has 0 spiro atoms. The average molecular weight is 336 g/mol. The van der Waals surface area contributed by atoms with Gasteiger partial charge in [0.05, 0.1) is 18.7 Å². The van der Waals surface area contributed by atoms with Crippen molar-refractivity contribution in [2.45, 2.75) is 32.5 Å². The second kappa shape index (κ2) is 6.67. The molecule has 0 heterocycles. The van der Waals surface area contributed by atoms with Crippen LogP contribution in [0.5, 0.6) is 11.5 Å². The van der Waals surface area contributed by atoms with Crippen molar-refractivity contribution in [2.75, 3.05) is 13.7 Å². The maximum absolute atomic E-state index is 6.22. The summed E-state index contributed by atoms with van der Waals surface area (Å²) in [4.78, 5) is 0. The summed E-state index contributed by atoms with van der Waals surface area (Å²) in [7, 11) is 1.63. The zero-order valence-corrected chi connectivity index (χ0v) is 13.7. The third-order valence-corrected chi connectivity index (χ3v) is 3.47. The molecule has 2 nitrogen and oxygen atoms in total. The van der Waals surface area contributed by atoms with Gasteiger partial charge in [0.2, 0.25) is 0 Å². The highest BCUT2D eigenvalue weighted by Crippen LogP contribution is 2.37. The van der Waals surface area contributed by atoms with E-state index in [1.807, 2.05) is 12.1 Å². The van der Waals surface area contributed by atoms with Crippen LogP contribution in [0.4, 0.5) is 0 Å². The minimum Gasteiger partial charge on any atom is -0.493 e. The van der Waals surface area contributed by atoms with Gasteiger partial charge in [-0.1, -0.05) is 48.3 Å². The first kappa shape index (κ1) is 15.6. The lowest BCUT2D eigenvalue weighted by Crippen LogP contribution is -2.11. The van der Waals surface area contributed by atoms with Crippen LogP contribution >= 0.6 is 27.5 Å². The molecular weight excluding hydrogens is 316 g/mol. The Morgan fingerprint density at radius 1 is 1.28 bits per heavy atom. The standard InChI is InChI=1S/C14H20BrClO2/c1-14(2,3)5-6-18-13-11(16)7-10(9-15)8-12(13)17-4/h7-8H,5-6,9H2,1-4H3. The van der Waals surface area contributed by atoms with Gasteiger partial charge in [0.25, 0.3) is 0 Å². The molecule has 0 fully saturated rings. The smallest absolute Gasteiger partial charge is 0.179 e. The van der Waals surface area contributed by atoms with Crippen LogP contribution in [0.3, 0.4) is 0 Å². The molecule has 102 valence electrons. The highest BCUT2D eigenvalue weighted by molar-refractivity contribution is 9.08. The molecule has 0 amide bonds. The van der Waals surface area contributed by atoms with E-state index < -0.39 is 0 Å². The van der Waals surface area contributed by atoms with Crippen LogP contribution in [0.15, 0.2) is 12.1 Å². The van der Waals surface area contributed by atoms with Gasteiger partial charge in [0, 0.05) is 5.33 Å². The van der Waals surface area contributed by atoms with Gasteiger partial charge in [-0.2, -0.15) is 0 Å². The Bertz CT molecular complexity index is 400. The van der Waals surface area contributed by atoms with Crippen molar-refractivity contribution < 1.29 is 9.47 Å². The van der Waals surface area contributed by atoms with Gasteiger partial charge in [0.1, 0.15) is 0 Å². The monoisotopic (exact) mass is 334 g/mol. The van der Waals surface area contributed by atoms with Crippen LogP contribution in [0.1, 0.15) is 32.8 Å².